The molecule has 0 saturated carbocycles. The zero-order chi connectivity index (χ0) is 30.6. The molecule has 1 unspecified atom stereocenters. The van der Waals surface area contributed by atoms with Gasteiger partial charge in [-0.25, -0.2) is 4.39 Å². The van der Waals surface area contributed by atoms with E-state index in [2.05, 4.69) is 42.3 Å². The number of hydrogen-bond donors (Lipinski definition) is 1. The third-order valence-electron chi connectivity index (χ3n) is 8.21. The lowest BCUT2D eigenvalue weighted by Crippen LogP contribution is -2.49. The van der Waals surface area contributed by atoms with Crippen LogP contribution in [0.5, 0.6) is 0 Å². The summed E-state index contributed by atoms with van der Waals surface area (Å²) in [4.78, 5) is 41.6. The van der Waals surface area contributed by atoms with Crippen LogP contribution in [0, 0.1) is 26.7 Å². The Morgan fingerprint density at radius 1 is 1.00 bits per heavy atom. The molecule has 0 spiro atoms. The first-order valence-corrected chi connectivity index (χ1v) is 15.0. The summed E-state index contributed by atoms with van der Waals surface area (Å²) in [5.41, 5.74) is 6.95. The minimum atomic E-state index is -0.761. The minimum Gasteiger partial charge on any atom is -0.347 e. The Balaban J connectivity index is 1.64. The van der Waals surface area contributed by atoms with Crippen molar-refractivity contribution in [1.82, 2.24) is 14.8 Å². The van der Waals surface area contributed by atoms with Gasteiger partial charge in [-0.1, -0.05) is 50.2 Å². The van der Waals surface area contributed by atoms with Gasteiger partial charge in [0.2, 0.25) is 5.91 Å². The van der Waals surface area contributed by atoms with Gasteiger partial charge in [-0.3, -0.25) is 19.3 Å². The number of carbonyl (C=O) groups excluding carboxylic acids is 2. The van der Waals surface area contributed by atoms with Gasteiger partial charge in [0.1, 0.15) is 18.0 Å². The summed E-state index contributed by atoms with van der Waals surface area (Å²) < 4.78 is 14.8. The summed E-state index contributed by atoms with van der Waals surface area (Å²) in [6.45, 7) is 13.2. The van der Waals surface area contributed by atoms with Crippen LogP contribution in [0.3, 0.4) is 0 Å². The predicted octanol–water partition coefficient (Wildman–Crippen LogP) is 6.06. The SMILES string of the molecule is CC(=O)C[C@H](NC(=O)C(CC(C)C)n1cc(CCN2CC(F)C2)c(C)cc1=O)c1cccc(-c2c(C)cccc2C)c1. The Hall–Kier alpha value is -3.58. The van der Waals surface area contributed by atoms with Crippen LogP contribution in [0.1, 0.15) is 73.5 Å². The molecule has 4 rings (SSSR count). The van der Waals surface area contributed by atoms with E-state index in [9.17, 15) is 18.8 Å². The molecule has 1 aromatic heterocycles. The van der Waals surface area contributed by atoms with Crippen LogP contribution >= 0.6 is 0 Å². The second-order valence-electron chi connectivity index (χ2n) is 12.3. The van der Waals surface area contributed by atoms with Crippen LogP contribution in [-0.4, -0.2) is 47.0 Å². The van der Waals surface area contributed by atoms with Gasteiger partial charge >= 0.3 is 0 Å². The van der Waals surface area contributed by atoms with E-state index in [1.165, 1.54) is 6.92 Å². The molecule has 0 radical (unpaired) electrons. The number of aryl methyl sites for hydroxylation is 3. The number of pyridine rings is 1. The van der Waals surface area contributed by atoms with E-state index in [1.54, 1.807) is 16.8 Å². The Morgan fingerprint density at radius 3 is 2.29 bits per heavy atom. The summed E-state index contributed by atoms with van der Waals surface area (Å²) in [7, 11) is 0. The molecule has 2 aromatic carbocycles. The molecular weight excluding hydrogens is 529 g/mol. The van der Waals surface area contributed by atoms with Gasteiger partial charge in [-0.05, 0) is 91.5 Å². The molecule has 1 aliphatic heterocycles. The molecule has 0 aliphatic carbocycles. The number of rotatable bonds is 12. The summed E-state index contributed by atoms with van der Waals surface area (Å²) >= 11 is 0. The topological polar surface area (TPSA) is 71.4 Å². The van der Waals surface area contributed by atoms with Gasteiger partial charge in [0.15, 0.2) is 0 Å². The molecule has 2 atom stereocenters. The number of nitrogens with one attached hydrogen (secondary N) is 1. The number of nitrogens with zero attached hydrogens (tertiary/aromatic N) is 2. The second-order valence-corrected chi connectivity index (χ2v) is 12.3. The first-order chi connectivity index (χ1) is 19.9. The highest BCUT2D eigenvalue weighted by Crippen LogP contribution is 2.30. The van der Waals surface area contributed by atoms with Crippen LogP contribution in [0.4, 0.5) is 4.39 Å². The van der Waals surface area contributed by atoms with Crippen LogP contribution in [0.2, 0.25) is 0 Å². The highest BCUT2D eigenvalue weighted by Gasteiger charge is 2.28. The number of hydrogen-bond acceptors (Lipinski definition) is 4. The number of halogens is 1. The third-order valence-corrected chi connectivity index (χ3v) is 8.21. The molecule has 7 heteroatoms. The maximum absolute atomic E-state index is 14.0. The molecule has 224 valence electrons. The van der Waals surface area contributed by atoms with E-state index >= 15 is 0 Å². The van der Waals surface area contributed by atoms with Crippen molar-refractivity contribution in [3.63, 3.8) is 0 Å². The van der Waals surface area contributed by atoms with Crippen molar-refractivity contribution < 1.29 is 14.0 Å². The van der Waals surface area contributed by atoms with Crippen LogP contribution in [0.15, 0.2) is 59.5 Å². The monoisotopic (exact) mass is 573 g/mol. The van der Waals surface area contributed by atoms with Crippen LogP contribution < -0.4 is 10.9 Å². The van der Waals surface area contributed by atoms with Gasteiger partial charge < -0.3 is 9.88 Å². The largest absolute Gasteiger partial charge is 0.347 e. The van der Waals surface area contributed by atoms with E-state index in [0.29, 0.717) is 32.5 Å². The fourth-order valence-corrected chi connectivity index (χ4v) is 5.94. The number of likely N-dealkylation sites (tertiary alicyclic amines) is 1. The fourth-order valence-electron chi connectivity index (χ4n) is 5.94. The first-order valence-electron chi connectivity index (χ1n) is 15.0. The molecule has 6 nitrogen and oxygen atoms in total. The lowest BCUT2D eigenvalue weighted by Gasteiger charge is -2.34. The molecule has 1 N–H and O–H groups in total. The average molecular weight is 574 g/mol. The van der Waals surface area contributed by atoms with Crippen molar-refractivity contribution in [3.05, 3.63) is 92.9 Å². The number of ketones is 1. The molecule has 42 heavy (non-hydrogen) atoms. The van der Waals surface area contributed by atoms with Gasteiger partial charge in [0.05, 0.1) is 6.04 Å². The number of benzene rings is 2. The Labute approximate surface area is 248 Å². The predicted molar refractivity (Wildman–Crippen MR) is 167 cm³/mol. The highest BCUT2D eigenvalue weighted by atomic mass is 19.1. The number of amides is 1. The quantitative estimate of drug-likeness (QED) is 0.286. The van der Waals surface area contributed by atoms with Crippen LogP contribution in [-0.2, 0) is 16.0 Å². The van der Waals surface area contributed by atoms with Crippen molar-refractivity contribution >= 4 is 11.7 Å². The van der Waals surface area contributed by atoms with E-state index in [1.807, 2.05) is 45.0 Å². The summed E-state index contributed by atoms with van der Waals surface area (Å²) in [6.07, 6.45) is 2.34. The highest BCUT2D eigenvalue weighted by molar-refractivity contribution is 5.83. The van der Waals surface area contributed by atoms with E-state index in [0.717, 1.165) is 38.9 Å². The van der Waals surface area contributed by atoms with E-state index < -0.39 is 18.3 Å². The molecule has 1 fully saturated rings. The summed E-state index contributed by atoms with van der Waals surface area (Å²) in [6, 6.07) is 14.5. The van der Waals surface area contributed by atoms with Crippen molar-refractivity contribution in [2.75, 3.05) is 19.6 Å². The maximum atomic E-state index is 14.0. The Morgan fingerprint density at radius 2 is 1.67 bits per heavy atom. The summed E-state index contributed by atoms with van der Waals surface area (Å²) in [5.74, 6) is -0.166. The molecule has 1 saturated heterocycles. The minimum absolute atomic E-state index is 0.0329. The molecule has 2 heterocycles. The van der Waals surface area contributed by atoms with Crippen molar-refractivity contribution in [3.8, 4) is 11.1 Å². The van der Waals surface area contributed by atoms with Crippen LogP contribution in [0.25, 0.3) is 11.1 Å². The standard InChI is InChI=1S/C35H44FN3O3/c1-22(2)15-32(39-19-29(25(5)16-33(39)41)13-14-38-20-30(36)21-38)35(42)37-31(17-26(6)40)27-11-8-12-28(18-27)34-23(3)9-7-10-24(34)4/h7-12,16,18-19,22,30-32H,13-15,17,20-21H2,1-6H3,(H,37,42)/t31-,32?/m0/s1. The molecule has 0 bridgehead atoms. The number of aromatic nitrogens is 1. The molecule has 1 amide bonds. The zero-order valence-electron chi connectivity index (χ0n) is 25.7. The second kappa shape index (κ2) is 13.6. The smallest absolute Gasteiger partial charge is 0.251 e. The number of carbonyl (C=O) groups is 2. The van der Waals surface area contributed by atoms with Crippen molar-refractivity contribution in [2.45, 2.75) is 79.1 Å². The average Bonchev–Trinajstić information content (AvgIpc) is 2.89. The van der Waals surface area contributed by atoms with Gasteiger partial charge in [-0.15, -0.1) is 0 Å². The first kappa shape index (κ1) is 31.4. The van der Waals surface area contributed by atoms with E-state index in [4.69, 9.17) is 0 Å². The van der Waals surface area contributed by atoms with Crippen molar-refractivity contribution in [2.24, 2.45) is 5.92 Å². The van der Waals surface area contributed by atoms with Crippen molar-refractivity contribution in [1.29, 1.82) is 0 Å². The molecular formula is C35H44FN3O3. The molecule has 1 aliphatic rings. The summed E-state index contributed by atoms with van der Waals surface area (Å²) in [5, 5.41) is 3.14. The van der Waals surface area contributed by atoms with Gasteiger partial charge in [-0.2, -0.15) is 0 Å². The normalized spacial score (nSPS) is 15.3. The maximum Gasteiger partial charge on any atom is 0.251 e. The number of Topliss-reactive ketones (excluding diaryl/α,β-unsaturated/α-hetero) is 1. The lowest BCUT2D eigenvalue weighted by molar-refractivity contribution is -0.126. The Bertz CT molecular complexity index is 1470. The van der Waals surface area contributed by atoms with E-state index in [-0.39, 0.29) is 29.6 Å². The third kappa shape index (κ3) is 7.62. The number of alkyl halides is 1. The van der Waals surface area contributed by atoms with Gasteiger partial charge in [0, 0.05) is 38.3 Å². The Kier molecular flexibility index (Phi) is 10.2. The fraction of sp³-hybridized carbons (Fsp3) is 0.457. The lowest BCUT2D eigenvalue weighted by atomic mass is 9.92. The molecule has 3 aromatic rings. The van der Waals surface area contributed by atoms with Gasteiger partial charge in [0.25, 0.3) is 5.56 Å². The zero-order valence-corrected chi connectivity index (χ0v) is 25.7.